The van der Waals surface area contributed by atoms with E-state index in [1.165, 1.54) is 0 Å². The van der Waals surface area contributed by atoms with Crippen molar-refractivity contribution in [2.75, 3.05) is 5.73 Å². The van der Waals surface area contributed by atoms with Crippen LogP contribution in [0.15, 0.2) is 12.1 Å². The quantitative estimate of drug-likeness (QED) is 0.642. The van der Waals surface area contributed by atoms with E-state index in [0.717, 1.165) is 5.56 Å². The van der Waals surface area contributed by atoms with Crippen molar-refractivity contribution in [1.82, 2.24) is 4.98 Å². The second-order valence-corrected chi connectivity index (χ2v) is 2.77. The van der Waals surface area contributed by atoms with Crippen molar-refractivity contribution in [3.05, 3.63) is 23.4 Å². The summed E-state index contributed by atoms with van der Waals surface area (Å²) in [6.07, 6.45) is -0.185. The van der Waals surface area contributed by atoms with Crippen LogP contribution in [-0.4, -0.2) is 16.1 Å². The fraction of sp³-hybridized carbons (Fsp3) is 0.200. The lowest BCUT2D eigenvalue weighted by Crippen LogP contribution is -1.95. The number of carboxylic acids is 1. The molecule has 3 N–H and O–H groups in total. The molecule has 0 saturated heterocycles. The molecule has 0 fully saturated rings. The van der Waals surface area contributed by atoms with Gasteiger partial charge in [0, 0.05) is 0 Å². The normalized spacial score (nSPS) is 8.93. The Kier molecular flexibility index (Phi) is 3.08. The first-order chi connectivity index (χ1) is 6.59. The summed E-state index contributed by atoms with van der Waals surface area (Å²) < 4.78 is 0. The Labute approximate surface area is 81.8 Å². The van der Waals surface area contributed by atoms with Crippen molar-refractivity contribution in [3.63, 3.8) is 0 Å². The van der Waals surface area contributed by atoms with Crippen LogP contribution in [0.25, 0.3) is 0 Å². The molecule has 4 nitrogen and oxygen atoms in total. The zero-order chi connectivity index (χ0) is 10.6. The number of aromatic nitrogens is 1. The molecular formula is C10H10N2O2. The van der Waals surface area contributed by atoms with Gasteiger partial charge in [0.05, 0.1) is 0 Å². The Morgan fingerprint density at radius 1 is 1.64 bits per heavy atom. The summed E-state index contributed by atoms with van der Waals surface area (Å²) in [5.41, 5.74) is 6.88. The average Bonchev–Trinajstić information content (AvgIpc) is 2.10. The van der Waals surface area contributed by atoms with Crippen molar-refractivity contribution in [3.8, 4) is 11.8 Å². The molecule has 0 saturated carbocycles. The summed E-state index contributed by atoms with van der Waals surface area (Å²) >= 11 is 0. The lowest BCUT2D eigenvalue weighted by molar-refractivity contribution is -0.135. The zero-order valence-corrected chi connectivity index (χ0v) is 7.74. The smallest absolute Gasteiger partial charge is 0.315 e. The minimum atomic E-state index is -0.945. The first kappa shape index (κ1) is 10.1. The predicted molar refractivity (Wildman–Crippen MR) is 52.5 cm³/mol. The maximum atomic E-state index is 10.2. The molecule has 0 aliphatic rings. The van der Waals surface area contributed by atoms with Crippen LogP contribution in [0.5, 0.6) is 0 Å². The van der Waals surface area contributed by atoms with Gasteiger partial charge in [0.1, 0.15) is 17.9 Å². The largest absolute Gasteiger partial charge is 0.481 e. The van der Waals surface area contributed by atoms with Crippen LogP contribution < -0.4 is 5.73 Å². The predicted octanol–water partition coefficient (Wildman–Crippen LogP) is 0.798. The van der Waals surface area contributed by atoms with Crippen LogP contribution in [0.2, 0.25) is 0 Å². The van der Waals surface area contributed by atoms with E-state index < -0.39 is 5.97 Å². The molecule has 14 heavy (non-hydrogen) atoms. The molecule has 0 spiro atoms. The van der Waals surface area contributed by atoms with Gasteiger partial charge in [-0.3, -0.25) is 4.79 Å². The van der Waals surface area contributed by atoms with Crippen molar-refractivity contribution >= 4 is 11.8 Å². The molecule has 4 heteroatoms. The first-order valence-electron chi connectivity index (χ1n) is 4.03. The summed E-state index contributed by atoms with van der Waals surface area (Å²) in [5, 5.41) is 8.37. The number of hydrogen-bond donors (Lipinski definition) is 2. The molecule has 1 aromatic heterocycles. The fourth-order valence-corrected chi connectivity index (χ4v) is 0.874. The van der Waals surface area contributed by atoms with Crippen molar-refractivity contribution in [2.24, 2.45) is 0 Å². The second kappa shape index (κ2) is 4.28. The van der Waals surface area contributed by atoms with Crippen molar-refractivity contribution in [2.45, 2.75) is 13.3 Å². The number of carbonyl (C=O) groups is 1. The number of nitrogen functional groups attached to an aromatic ring is 1. The minimum absolute atomic E-state index is 0.185. The fourth-order valence-electron chi connectivity index (χ4n) is 0.874. The monoisotopic (exact) mass is 190 g/mol. The van der Waals surface area contributed by atoms with E-state index in [1.54, 1.807) is 12.1 Å². The van der Waals surface area contributed by atoms with Crippen LogP contribution in [0.3, 0.4) is 0 Å². The van der Waals surface area contributed by atoms with Crippen LogP contribution in [-0.2, 0) is 4.79 Å². The van der Waals surface area contributed by atoms with E-state index >= 15 is 0 Å². The van der Waals surface area contributed by atoms with Gasteiger partial charge in [0.2, 0.25) is 0 Å². The van der Waals surface area contributed by atoms with Crippen LogP contribution in [0.4, 0.5) is 5.82 Å². The lowest BCUT2D eigenvalue weighted by Gasteiger charge is -1.97. The molecule has 0 aromatic carbocycles. The highest BCUT2D eigenvalue weighted by molar-refractivity contribution is 5.70. The SMILES string of the molecule is Cc1ccc(N)nc1C#CCC(=O)O. The van der Waals surface area contributed by atoms with E-state index in [2.05, 4.69) is 16.8 Å². The molecule has 0 aliphatic carbocycles. The highest BCUT2D eigenvalue weighted by Gasteiger charge is 1.96. The highest BCUT2D eigenvalue weighted by Crippen LogP contribution is 2.05. The molecular weight excluding hydrogens is 180 g/mol. The molecule has 0 amide bonds. The highest BCUT2D eigenvalue weighted by atomic mass is 16.4. The molecule has 0 unspecified atom stereocenters. The minimum Gasteiger partial charge on any atom is -0.481 e. The van der Waals surface area contributed by atoms with Crippen LogP contribution in [0, 0.1) is 18.8 Å². The third-order valence-electron chi connectivity index (χ3n) is 1.56. The van der Waals surface area contributed by atoms with Crippen LogP contribution >= 0.6 is 0 Å². The zero-order valence-electron chi connectivity index (χ0n) is 7.74. The molecule has 1 heterocycles. The van der Waals surface area contributed by atoms with Gasteiger partial charge in [-0.1, -0.05) is 12.0 Å². The van der Waals surface area contributed by atoms with E-state index in [9.17, 15) is 4.79 Å². The van der Waals surface area contributed by atoms with Gasteiger partial charge in [-0.25, -0.2) is 4.98 Å². The van der Waals surface area contributed by atoms with Gasteiger partial charge < -0.3 is 10.8 Å². The molecule has 0 aliphatic heterocycles. The number of anilines is 1. The second-order valence-electron chi connectivity index (χ2n) is 2.77. The summed E-state index contributed by atoms with van der Waals surface area (Å²) in [5.74, 6) is 4.60. The third-order valence-corrected chi connectivity index (χ3v) is 1.56. The van der Waals surface area contributed by atoms with Crippen molar-refractivity contribution in [1.29, 1.82) is 0 Å². The topological polar surface area (TPSA) is 76.2 Å². The lowest BCUT2D eigenvalue weighted by atomic mass is 10.2. The maximum Gasteiger partial charge on any atom is 0.315 e. The standard InChI is InChI=1S/C10H10N2O2/c1-7-5-6-9(11)12-8(7)3-2-4-10(13)14/h5-6H,4H2,1H3,(H2,11,12)(H,13,14). The number of pyridine rings is 1. The summed E-state index contributed by atoms with van der Waals surface area (Å²) in [7, 11) is 0. The summed E-state index contributed by atoms with van der Waals surface area (Å²) in [6, 6.07) is 3.48. The van der Waals surface area contributed by atoms with E-state index in [0.29, 0.717) is 11.5 Å². The average molecular weight is 190 g/mol. The van der Waals surface area contributed by atoms with E-state index in [1.807, 2.05) is 6.92 Å². The summed E-state index contributed by atoms with van der Waals surface area (Å²) in [6.45, 7) is 1.84. The Morgan fingerprint density at radius 3 is 3.00 bits per heavy atom. The Balaban J connectivity index is 2.88. The first-order valence-corrected chi connectivity index (χ1v) is 4.03. The Morgan fingerprint density at radius 2 is 2.36 bits per heavy atom. The third kappa shape index (κ3) is 2.79. The van der Waals surface area contributed by atoms with Gasteiger partial charge in [-0.2, -0.15) is 0 Å². The number of rotatable bonds is 1. The van der Waals surface area contributed by atoms with Gasteiger partial charge in [-0.15, -0.1) is 0 Å². The van der Waals surface area contributed by atoms with E-state index in [-0.39, 0.29) is 6.42 Å². The maximum absolute atomic E-state index is 10.2. The molecule has 0 atom stereocenters. The van der Waals surface area contributed by atoms with Gasteiger partial charge >= 0.3 is 5.97 Å². The molecule has 0 radical (unpaired) electrons. The van der Waals surface area contributed by atoms with Gasteiger partial charge in [0.25, 0.3) is 0 Å². The Bertz CT molecular complexity index is 416. The number of carboxylic acid groups (broad SMARTS) is 1. The van der Waals surface area contributed by atoms with E-state index in [4.69, 9.17) is 10.8 Å². The summed E-state index contributed by atoms with van der Waals surface area (Å²) in [4.78, 5) is 14.2. The van der Waals surface area contributed by atoms with Crippen molar-refractivity contribution < 1.29 is 9.90 Å². The number of nitrogens with two attached hydrogens (primary N) is 1. The number of hydrogen-bond acceptors (Lipinski definition) is 3. The molecule has 1 rings (SSSR count). The number of nitrogens with zero attached hydrogens (tertiary/aromatic N) is 1. The number of aryl methyl sites for hydroxylation is 1. The number of aliphatic carboxylic acids is 1. The molecule has 1 aromatic rings. The molecule has 0 bridgehead atoms. The van der Waals surface area contributed by atoms with Crippen LogP contribution in [0.1, 0.15) is 17.7 Å². The Hall–Kier alpha value is -2.02. The van der Waals surface area contributed by atoms with Gasteiger partial charge in [0.15, 0.2) is 0 Å². The molecule has 72 valence electrons. The van der Waals surface area contributed by atoms with Gasteiger partial charge in [-0.05, 0) is 24.5 Å².